The molecule has 1 aliphatic rings. The molecule has 1 amide bonds. The molecule has 1 fully saturated rings. The predicted octanol–water partition coefficient (Wildman–Crippen LogP) is 3.81. The molecule has 1 saturated carbocycles. The van der Waals surface area contributed by atoms with Gasteiger partial charge in [-0.15, -0.1) is 0 Å². The summed E-state index contributed by atoms with van der Waals surface area (Å²) in [6, 6.07) is 16.5. The first-order valence-electron chi connectivity index (χ1n) is 7.26. The van der Waals surface area contributed by atoms with Crippen molar-refractivity contribution in [1.82, 2.24) is 5.32 Å². The van der Waals surface area contributed by atoms with Crippen LogP contribution in [0.4, 0.5) is 4.39 Å². The van der Waals surface area contributed by atoms with Gasteiger partial charge in [0, 0.05) is 5.92 Å². The van der Waals surface area contributed by atoms with Gasteiger partial charge in [0.15, 0.2) is 0 Å². The maximum absolute atomic E-state index is 13.7. The third-order valence-electron chi connectivity index (χ3n) is 4.09. The number of amides is 1. The van der Waals surface area contributed by atoms with Crippen molar-refractivity contribution in [2.24, 2.45) is 5.92 Å². The fourth-order valence-corrected chi connectivity index (χ4v) is 2.75. The highest BCUT2D eigenvalue weighted by molar-refractivity contribution is 5.83. The van der Waals surface area contributed by atoms with Gasteiger partial charge >= 0.3 is 0 Å². The molecule has 0 aliphatic heterocycles. The molecular formula is C18H18FNO. The minimum atomic E-state index is -0.214. The number of hydrogen-bond donors (Lipinski definition) is 1. The van der Waals surface area contributed by atoms with E-state index < -0.39 is 0 Å². The van der Waals surface area contributed by atoms with Crippen molar-refractivity contribution < 1.29 is 9.18 Å². The average molecular weight is 283 g/mol. The lowest BCUT2D eigenvalue weighted by molar-refractivity contribution is -0.123. The highest BCUT2D eigenvalue weighted by Gasteiger charge is 2.45. The third kappa shape index (κ3) is 2.97. The molecule has 0 spiro atoms. The summed E-state index contributed by atoms with van der Waals surface area (Å²) < 4.78 is 13.7. The zero-order valence-electron chi connectivity index (χ0n) is 11.9. The van der Waals surface area contributed by atoms with Crippen LogP contribution in [-0.2, 0) is 4.79 Å². The fraction of sp³-hybridized carbons (Fsp3) is 0.278. The summed E-state index contributed by atoms with van der Waals surface area (Å²) in [5.74, 6) is -0.282. The van der Waals surface area contributed by atoms with Gasteiger partial charge in [-0.05, 0) is 36.5 Å². The van der Waals surface area contributed by atoms with Crippen LogP contribution < -0.4 is 5.32 Å². The molecule has 21 heavy (non-hydrogen) atoms. The van der Waals surface area contributed by atoms with Gasteiger partial charge in [-0.1, -0.05) is 48.5 Å². The highest BCUT2D eigenvalue weighted by Crippen LogP contribution is 2.48. The van der Waals surface area contributed by atoms with Crippen molar-refractivity contribution in [3.05, 3.63) is 71.5 Å². The van der Waals surface area contributed by atoms with E-state index >= 15 is 0 Å². The Hall–Kier alpha value is -2.16. The average Bonchev–Trinajstić information content (AvgIpc) is 3.29. The molecule has 3 atom stereocenters. The van der Waals surface area contributed by atoms with Crippen molar-refractivity contribution in [2.45, 2.75) is 25.3 Å². The standard InChI is InChI=1S/C18H18FNO/c1-12(13-7-3-2-4-8-13)20-18(21)16-11-15(16)14-9-5-6-10-17(14)19/h2-10,12,15-16H,11H2,1H3,(H,20,21). The Morgan fingerprint density at radius 1 is 1.14 bits per heavy atom. The number of nitrogens with one attached hydrogen (secondary N) is 1. The zero-order chi connectivity index (χ0) is 14.8. The minimum absolute atomic E-state index is 0.0135. The lowest BCUT2D eigenvalue weighted by Crippen LogP contribution is -2.28. The second-order valence-corrected chi connectivity index (χ2v) is 5.61. The van der Waals surface area contributed by atoms with Gasteiger partial charge in [-0.3, -0.25) is 4.79 Å². The van der Waals surface area contributed by atoms with E-state index in [0.29, 0.717) is 5.56 Å². The van der Waals surface area contributed by atoms with Crippen LogP contribution in [0.1, 0.15) is 36.4 Å². The maximum atomic E-state index is 13.7. The Kier molecular flexibility index (Phi) is 3.74. The first-order chi connectivity index (χ1) is 10.2. The quantitative estimate of drug-likeness (QED) is 0.908. The molecule has 0 radical (unpaired) electrons. The molecule has 0 saturated heterocycles. The topological polar surface area (TPSA) is 29.1 Å². The molecular weight excluding hydrogens is 265 g/mol. The molecule has 3 unspecified atom stereocenters. The van der Waals surface area contributed by atoms with Crippen LogP contribution >= 0.6 is 0 Å². The van der Waals surface area contributed by atoms with Gasteiger partial charge in [0.2, 0.25) is 5.91 Å². The van der Waals surface area contributed by atoms with E-state index in [-0.39, 0.29) is 29.6 Å². The van der Waals surface area contributed by atoms with Crippen molar-refractivity contribution in [2.75, 3.05) is 0 Å². The van der Waals surface area contributed by atoms with Crippen LogP contribution in [0.2, 0.25) is 0 Å². The first-order valence-corrected chi connectivity index (χ1v) is 7.26. The number of benzene rings is 2. The van der Waals surface area contributed by atoms with E-state index in [1.54, 1.807) is 12.1 Å². The monoisotopic (exact) mass is 283 g/mol. The Bertz CT molecular complexity index is 641. The van der Waals surface area contributed by atoms with Gasteiger partial charge in [0.1, 0.15) is 5.82 Å². The number of halogens is 1. The number of rotatable bonds is 4. The van der Waals surface area contributed by atoms with Crippen LogP contribution in [0, 0.1) is 11.7 Å². The summed E-state index contributed by atoms with van der Waals surface area (Å²) in [5, 5.41) is 3.02. The minimum Gasteiger partial charge on any atom is -0.349 e. The fourth-order valence-electron chi connectivity index (χ4n) is 2.75. The smallest absolute Gasteiger partial charge is 0.224 e. The molecule has 1 N–H and O–H groups in total. The molecule has 3 heteroatoms. The Labute approximate surface area is 124 Å². The van der Waals surface area contributed by atoms with Crippen molar-refractivity contribution >= 4 is 5.91 Å². The van der Waals surface area contributed by atoms with E-state index in [1.807, 2.05) is 43.3 Å². The summed E-state index contributed by atoms with van der Waals surface area (Å²) in [7, 11) is 0. The number of carbonyl (C=O) groups is 1. The van der Waals surface area contributed by atoms with Gasteiger partial charge < -0.3 is 5.32 Å². The summed E-state index contributed by atoms with van der Waals surface area (Å²) in [4.78, 5) is 12.3. The van der Waals surface area contributed by atoms with E-state index in [2.05, 4.69) is 5.32 Å². The van der Waals surface area contributed by atoms with E-state index in [9.17, 15) is 9.18 Å². The first kappa shape index (κ1) is 13.8. The van der Waals surface area contributed by atoms with E-state index in [4.69, 9.17) is 0 Å². The van der Waals surface area contributed by atoms with Crippen molar-refractivity contribution in [1.29, 1.82) is 0 Å². The molecule has 2 aromatic rings. The molecule has 0 bridgehead atoms. The molecule has 1 aliphatic carbocycles. The number of hydrogen-bond acceptors (Lipinski definition) is 1. The third-order valence-corrected chi connectivity index (χ3v) is 4.09. The Balaban J connectivity index is 1.62. The summed E-state index contributed by atoms with van der Waals surface area (Å²) in [6.45, 7) is 1.97. The SMILES string of the molecule is CC(NC(=O)C1CC1c1ccccc1F)c1ccccc1. The van der Waals surface area contributed by atoms with Crippen molar-refractivity contribution in [3.63, 3.8) is 0 Å². The van der Waals surface area contributed by atoms with Crippen LogP contribution in [0.5, 0.6) is 0 Å². The second-order valence-electron chi connectivity index (χ2n) is 5.61. The Morgan fingerprint density at radius 3 is 2.52 bits per heavy atom. The summed E-state index contributed by atoms with van der Waals surface area (Å²) in [6.07, 6.45) is 0.730. The van der Waals surface area contributed by atoms with Crippen molar-refractivity contribution in [3.8, 4) is 0 Å². The van der Waals surface area contributed by atoms with E-state index in [1.165, 1.54) is 6.07 Å². The highest BCUT2D eigenvalue weighted by atomic mass is 19.1. The number of carbonyl (C=O) groups excluding carboxylic acids is 1. The lowest BCUT2D eigenvalue weighted by atomic mass is 10.1. The van der Waals surface area contributed by atoms with E-state index in [0.717, 1.165) is 12.0 Å². The van der Waals surface area contributed by atoms with Crippen LogP contribution in [-0.4, -0.2) is 5.91 Å². The van der Waals surface area contributed by atoms with Crippen LogP contribution in [0.15, 0.2) is 54.6 Å². The molecule has 108 valence electrons. The molecule has 3 rings (SSSR count). The largest absolute Gasteiger partial charge is 0.349 e. The Morgan fingerprint density at radius 2 is 1.81 bits per heavy atom. The predicted molar refractivity (Wildman–Crippen MR) is 80.2 cm³/mol. The molecule has 0 aromatic heterocycles. The molecule has 2 nitrogen and oxygen atoms in total. The zero-order valence-corrected chi connectivity index (χ0v) is 11.9. The van der Waals surface area contributed by atoms with Gasteiger partial charge in [0.05, 0.1) is 6.04 Å². The van der Waals surface area contributed by atoms with Crippen LogP contribution in [0.3, 0.4) is 0 Å². The second kappa shape index (κ2) is 5.68. The molecule has 0 heterocycles. The normalized spacial score (nSPS) is 21.6. The van der Waals surface area contributed by atoms with Gasteiger partial charge in [-0.25, -0.2) is 4.39 Å². The van der Waals surface area contributed by atoms with Crippen LogP contribution in [0.25, 0.3) is 0 Å². The molecule has 2 aromatic carbocycles. The maximum Gasteiger partial charge on any atom is 0.224 e. The summed E-state index contributed by atoms with van der Waals surface area (Å²) >= 11 is 0. The van der Waals surface area contributed by atoms with Gasteiger partial charge in [0.25, 0.3) is 0 Å². The lowest BCUT2D eigenvalue weighted by Gasteiger charge is -2.14. The van der Waals surface area contributed by atoms with Gasteiger partial charge in [-0.2, -0.15) is 0 Å². The summed E-state index contributed by atoms with van der Waals surface area (Å²) in [5.41, 5.74) is 1.74.